The third-order valence-corrected chi connectivity index (χ3v) is 2.55. The second-order valence-electron chi connectivity index (χ2n) is 3.16. The molecule has 0 nitrogen and oxygen atoms in total. The smallest absolute Gasteiger partial charge is 0.00313 e. The molecule has 12 heavy (non-hydrogen) atoms. The summed E-state index contributed by atoms with van der Waals surface area (Å²) in [5, 5.41) is 1.18. The number of rotatable bonds is 8. The molecule has 0 N–H and O–H groups in total. The molecule has 0 heterocycles. The molecule has 0 saturated carbocycles. The molecule has 0 aromatic carbocycles. The summed E-state index contributed by atoms with van der Waals surface area (Å²) in [5.74, 6) is 0. The number of halogens is 1. The fraction of sp³-hybridized carbons (Fsp3) is 1.00. The molecule has 0 amide bonds. The Labute approximate surface area is 108 Å². The molecule has 0 unspecified atom stereocenters. The van der Waals surface area contributed by atoms with Crippen molar-refractivity contribution in [1.29, 1.82) is 0 Å². The number of unbranched alkanes of at least 4 members (excludes halogenated alkanes) is 7. The van der Waals surface area contributed by atoms with Crippen LogP contribution in [0.25, 0.3) is 0 Å². The van der Waals surface area contributed by atoms with Gasteiger partial charge in [-0.2, -0.15) is 0 Å². The van der Waals surface area contributed by atoms with Crippen molar-refractivity contribution in [3.05, 3.63) is 0 Å². The molecule has 69 valence electrons. The van der Waals surface area contributed by atoms with E-state index in [1.807, 2.05) is 0 Å². The van der Waals surface area contributed by atoms with Crippen LogP contribution >= 0.6 is 15.9 Å². The largest absolute Gasteiger partial charge is 0.0928 e. The Hall–Kier alpha value is 1.48. The van der Waals surface area contributed by atoms with Crippen LogP contribution in [-0.4, -0.2) is 34.9 Å². The molecule has 0 atom stereocenters. The predicted molar refractivity (Wildman–Crippen MR) is 62.2 cm³/mol. The minimum absolute atomic E-state index is 0. The minimum atomic E-state index is 0. The first-order chi connectivity index (χ1) is 5.41. The van der Waals surface area contributed by atoms with E-state index in [1.54, 1.807) is 0 Å². The van der Waals surface area contributed by atoms with E-state index in [2.05, 4.69) is 22.9 Å². The van der Waals surface area contributed by atoms with E-state index in [0.717, 1.165) is 0 Å². The van der Waals surface area contributed by atoms with Crippen molar-refractivity contribution in [2.45, 2.75) is 58.3 Å². The van der Waals surface area contributed by atoms with Gasteiger partial charge in [0.15, 0.2) is 0 Å². The van der Waals surface area contributed by atoms with Gasteiger partial charge in [-0.15, -0.1) is 0 Å². The maximum Gasteiger partial charge on any atom is 0.00313 e. The van der Waals surface area contributed by atoms with E-state index in [-0.39, 0.29) is 29.6 Å². The molecule has 0 bridgehead atoms. The maximum absolute atomic E-state index is 3.44. The molecule has 0 rings (SSSR count). The quantitative estimate of drug-likeness (QED) is 0.342. The van der Waals surface area contributed by atoms with Gasteiger partial charge >= 0.3 is 0 Å². The molecule has 0 aromatic rings. The molecule has 0 saturated heterocycles. The topological polar surface area (TPSA) is 0 Å². The van der Waals surface area contributed by atoms with Gasteiger partial charge in [-0.1, -0.05) is 67.8 Å². The second-order valence-corrected chi connectivity index (χ2v) is 3.96. The Balaban J connectivity index is 0. The van der Waals surface area contributed by atoms with Crippen molar-refractivity contribution in [1.82, 2.24) is 0 Å². The average molecular weight is 244 g/mol. The van der Waals surface area contributed by atoms with E-state index >= 15 is 0 Å². The van der Waals surface area contributed by atoms with Crippen LogP contribution in [0, 0.1) is 0 Å². The van der Waals surface area contributed by atoms with Crippen LogP contribution in [0.15, 0.2) is 0 Å². The minimum Gasteiger partial charge on any atom is -0.0928 e. The fourth-order valence-corrected chi connectivity index (χ4v) is 1.62. The van der Waals surface area contributed by atoms with Crippen molar-refractivity contribution >= 4 is 45.5 Å². The first-order valence-electron chi connectivity index (χ1n) is 4.97. The summed E-state index contributed by atoms with van der Waals surface area (Å²) in [7, 11) is 0. The molecule has 0 aliphatic carbocycles. The van der Waals surface area contributed by atoms with Crippen molar-refractivity contribution < 1.29 is 0 Å². The molecule has 0 fully saturated rings. The standard InChI is InChI=1S/C10H21Br.Na/c1-2-3-4-5-6-7-8-9-10-11;/h2-10H2,1H3;. The Bertz CT molecular complexity index is 58.9. The van der Waals surface area contributed by atoms with Crippen LogP contribution in [0.1, 0.15) is 58.3 Å². The van der Waals surface area contributed by atoms with Crippen molar-refractivity contribution in [2.24, 2.45) is 0 Å². The Morgan fingerprint density at radius 1 is 0.750 bits per heavy atom. The summed E-state index contributed by atoms with van der Waals surface area (Å²) in [6.45, 7) is 2.27. The van der Waals surface area contributed by atoms with Gasteiger partial charge in [-0.25, -0.2) is 0 Å². The second kappa shape index (κ2) is 15.0. The summed E-state index contributed by atoms with van der Waals surface area (Å²) in [6.07, 6.45) is 11.4. The summed E-state index contributed by atoms with van der Waals surface area (Å²) in [6, 6.07) is 0. The monoisotopic (exact) mass is 243 g/mol. The van der Waals surface area contributed by atoms with Gasteiger partial charge in [0.05, 0.1) is 0 Å². The molecule has 0 aliphatic heterocycles. The van der Waals surface area contributed by atoms with E-state index in [9.17, 15) is 0 Å². The van der Waals surface area contributed by atoms with Gasteiger partial charge in [-0.3, -0.25) is 0 Å². The maximum atomic E-state index is 3.44. The molecule has 0 aromatic heterocycles. The Morgan fingerprint density at radius 2 is 1.17 bits per heavy atom. The number of hydrogen-bond donors (Lipinski definition) is 0. The molecule has 0 spiro atoms. The van der Waals surface area contributed by atoms with Gasteiger partial charge < -0.3 is 0 Å². The zero-order valence-electron chi connectivity index (χ0n) is 8.74. The zero-order chi connectivity index (χ0) is 8.36. The van der Waals surface area contributed by atoms with Gasteiger partial charge in [0.2, 0.25) is 0 Å². The Kier molecular flexibility index (Phi) is 19.9. The van der Waals surface area contributed by atoms with Gasteiger partial charge in [0.1, 0.15) is 0 Å². The van der Waals surface area contributed by atoms with Crippen LogP contribution in [0.2, 0.25) is 0 Å². The molecule has 2 heteroatoms. The SMILES string of the molecule is CCCCCCCCCCBr.[Na]. The number of alkyl halides is 1. The normalized spacial score (nSPS) is 9.50. The zero-order valence-corrected chi connectivity index (χ0v) is 12.3. The predicted octanol–water partition coefficient (Wildman–Crippen LogP) is 4.14. The van der Waals surface area contributed by atoms with Crippen LogP contribution in [0.5, 0.6) is 0 Å². The van der Waals surface area contributed by atoms with Crippen LogP contribution in [-0.2, 0) is 0 Å². The fourth-order valence-electron chi connectivity index (χ4n) is 1.23. The van der Waals surface area contributed by atoms with Crippen LogP contribution in [0.3, 0.4) is 0 Å². The molecular weight excluding hydrogens is 223 g/mol. The van der Waals surface area contributed by atoms with E-state index < -0.39 is 0 Å². The van der Waals surface area contributed by atoms with E-state index in [0.29, 0.717) is 0 Å². The first-order valence-corrected chi connectivity index (χ1v) is 6.10. The third kappa shape index (κ3) is 14.0. The average Bonchev–Trinajstić information content (AvgIpc) is 2.03. The molecule has 0 aliphatic rings. The summed E-state index contributed by atoms with van der Waals surface area (Å²) in [4.78, 5) is 0. The van der Waals surface area contributed by atoms with Crippen LogP contribution in [0.4, 0.5) is 0 Å². The first kappa shape index (κ1) is 15.9. The molecular formula is C10H21BrNa. The number of hydrogen-bond acceptors (Lipinski definition) is 0. The van der Waals surface area contributed by atoms with Gasteiger partial charge in [-0.05, 0) is 6.42 Å². The summed E-state index contributed by atoms with van der Waals surface area (Å²) in [5.41, 5.74) is 0. The van der Waals surface area contributed by atoms with Crippen molar-refractivity contribution in [3.63, 3.8) is 0 Å². The van der Waals surface area contributed by atoms with Crippen molar-refractivity contribution in [2.75, 3.05) is 5.33 Å². The van der Waals surface area contributed by atoms with Gasteiger partial charge in [0, 0.05) is 34.9 Å². The summed E-state index contributed by atoms with van der Waals surface area (Å²) < 4.78 is 0. The van der Waals surface area contributed by atoms with Crippen molar-refractivity contribution in [3.8, 4) is 0 Å². The summed E-state index contributed by atoms with van der Waals surface area (Å²) >= 11 is 3.44. The molecule has 1 radical (unpaired) electrons. The Morgan fingerprint density at radius 3 is 1.58 bits per heavy atom. The van der Waals surface area contributed by atoms with Gasteiger partial charge in [0.25, 0.3) is 0 Å². The third-order valence-electron chi connectivity index (χ3n) is 1.99. The van der Waals surface area contributed by atoms with E-state index in [1.165, 1.54) is 56.7 Å². The van der Waals surface area contributed by atoms with E-state index in [4.69, 9.17) is 0 Å². The van der Waals surface area contributed by atoms with Crippen LogP contribution < -0.4 is 0 Å².